The summed E-state index contributed by atoms with van der Waals surface area (Å²) in [4.78, 5) is 2.22. The molecule has 1 aliphatic heterocycles. The molecule has 2 atom stereocenters. The van der Waals surface area contributed by atoms with Crippen LogP contribution in [0.2, 0.25) is 0 Å². The van der Waals surface area contributed by atoms with Gasteiger partial charge in [0.15, 0.2) is 0 Å². The van der Waals surface area contributed by atoms with Crippen molar-refractivity contribution < 1.29 is 4.74 Å². The number of ether oxygens (including phenoxy) is 1. The van der Waals surface area contributed by atoms with E-state index in [2.05, 4.69) is 18.9 Å². The average molecular weight is 221 g/mol. The second-order valence-corrected chi connectivity index (χ2v) is 4.31. The van der Waals surface area contributed by atoms with Gasteiger partial charge in [-0.15, -0.1) is 0 Å². The summed E-state index contributed by atoms with van der Waals surface area (Å²) in [6.45, 7) is 2.79. The van der Waals surface area contributed by atoms with E-state index >= 15 is 0 Å². The summed E-state index contributed by atoms with van der Waals surface area (Å²) in [5.41, 5.74) is 13.2. The van der Waals surface area contributed by atoms with Gasteiger partial charge in [-0.25, -0.2) is 0 Å². The van der Waals surface area contributed by atoms with Gasteiger partial charge < -0.3 is 21.1 Å². The molecular weight excluding hydrogens is 202 g/mol. The lowest BCUT2D eigenvalue weighted by Gasteiger charge is -2.39. The van der Waals surface area contributed by atoms with E-state index in [1.807, 2.05) is 18.2 Å². The first kappa shape index (κ1) is 11.1. The van der Waals surface area contributed by atoms with Crippen molar-refractivity contribution in [1.29, 1.82) is 0 Å². The van der Waals surface area contributed by atoms with E-state index in [1.54, 1.807) is 0 Å². The third-order valence-electron chi connectivity index (χ3n) is 3.24. The predicted molar refractivity (Wildman–Crippen MR) is 66.8 cm³/mol. The molecule has 0 fully saturated rings. The molecule has 1 aromatic carbocycles. The standard InChI is InChI=1S/C12H19N3O/c1-8-11(5-6-13)16-12-7-9(14)3-4-10(12)15(8)2/h3-4,7-8,11H,5-6,13-14H2,1-2H3. The van der Waals surface area contributed by atoms with Gasteiger partial charge in [-0.3, -0.25) is 0 Å². The number of benzene rings is 1. The smallest absolute Gasteiger partial charge is 0.145 e. The van der Waals surface area contributed by atoms with E-state index in [0.29, 0.717) is 12.6 Å². The highest BCUT2D eigenvalue weighted by Gasteiger charge is 2.29. The third kappa shape index (κ3) is 1.80. The summed E-state index contributed by atoms with van der Waals surface area (Å²) in [6.07, 6.45) is 1.00. The number of anilines is 2. The molecule has 0 spiro atoms. The van der Waals surface area contributed by atoms with Gasteiger partial charge in [0.2, 0.25) is 0 Å². The Morgan fingerprint density at radius 1 is 1.44 bits per heavy atom. The zero-order valence-electron chi connectivity index (χ0n) is 9.81. The topological polar surface area (TPSA) is 64.5 Å². The normalized spacial score (nSPS) is 23.8. The van der Waals surface area contributed by atoms with Crippen LogP contribution < -0.4 is 21.1 Å². The van der Waals surface area contributed by atoms with Crippen molar-refractivity contribution in [2.75, 3.05) is 24.2 Å². The van der Waals surface area contributed by atoms with E-state index in [0.717, 1.165) is 23.5 Å². The van der Waals surface area contributed by atoms with Crippen LogP contribution in [-0.2, 0) is 0 Å². The molecule has 1 aliphatic rings. The first-order valence-corrected chi connectivity index (χ1v) is 5.62. The molecule has 88 valence electrons. The van der Waals surface area contributed by atoms with Crippen LogP contribution in [0, 0.1) is 0 Å². The van der Waals surface area contributed by atoms with Crippen LogP contribution in [0.25, 0.3) is 0 Å². The monoisotopic (exact) mass is 221 g/mol. The van der Waals surface area contributed by atoms with Crippen molar-refractivity contribution in [3.8, 4) is 5.75 Å². The first-order chi connectivity index (χ1) is 7.63. The molecule has 4 heteroatoms. The number of hydrogen-bond donors (Lipinski definition) is 2. The van der Waals surface area contributed by atoms with Crippen molar-refractivity contribution in [2.24, 2.45) is 5.73 Å². The molecule has 2 unspecified atom stereocenters. The van der Waals surface area contributed by atoms with Gasteiger partial charge in [-0.05, 0) is 32.0 Å². The minimum Gasteiger partial charge on any atom is -0.486 e. The number of nitrogen functional groups attached to an aromatic ring is 1. The summed E-state index contributed by atoms with van der Waals surface area (Å²) in [5, 5.41) is 0. The van der Waals surface area contributed by atoms with E-state index in [-0.39, 0.29) is 6.10 Å². The third-order valence-corrected chi connectivity index (χ3v) is 3.24. The van der Waals surface area contributed by atoms with E-state index in [4.69, 9.17) is 16.2 Å². The largest absolute Gasteiger partial charge is 0.486 e. The summed E-state index contributed by atoms with van der Waals surface area (Å²) < 4.78 is 5.93. The average Bonchev–Trinajstić information content (AvgIpc) is 2.25. The summed E-state index contributed by atoms with van der Waals surface area (Å²) >= 11 is 0. The maximum Gasteiger partial charge on any atom is 0.145 e. The number of nitrogens with zero attached hydrogens (tertiary/aromatic N) is 1. The Kier molecular flexibility index (Phi) is 2.92. The number of likely N-dealkylation sites (N-methyl/N-ethyl adjacent to an activating group) is 1. The molecule has 1 aromatic rings. The molecule has 2 rings (SSSR count). The van der Waals surface area contributed by atoms with Crippen LogP contribution in [0.1, 0.15) is 13.3 Å². The molecule has 0 bridgehead atoms. The van der Waals surface area contributed by atoms with Crippen molar-refractivity contribution >= 4 is 11.4 Å². The van der Waals surface area contributed by atoms with E-state index < -0.39 is 0 Å². The predicted octanol–water partition coefficient (Wildman–Crippen LogP) is 1.20. The van der Waals surface area contributed by atoms with Crippen molar-refractivity contribution in [1.82, 2.24) is 0 Å². The Bertz CT molecular complexity index is 381. The SMILES string of the molecule is CC1C(CCN)Oc2cc(N)ccc2N1C. The molecule has 0 aliphatic carbocycles. The van der Waals surface area contributed by atoms with Gasteiger partial charge in [0.05, 0.1) is 11.7 Å². The maximum atomic E-state index is 5.93. The highest BCUT2D eigenvalue weighted by atomic mass is 16.5. The van der Waals surface area contributed by atoms with Crippen LogP contribution in [0.4, 0.5) is 11.4 Å². The Balaban J connectivity index is 2.32. The van der Waals surface area contributed by atoms with Gasteiger partial charge in [-0.2, -0.15) is 0 Å². The fourth-order valence-corrected chi connectivity index (χ4v) is 2.11. The lowest BCUT2D eigenvalue weighted by molar-refractivity contribution is 0.154. The van der Waals surface area contributed by atoms with Crippen LogP contribution in [-0.4, -0.2) is 25.7 Å². The molecule has 0 radical (unpaired) electrons. The number of hydrogen-bond acceptors (Lipinski definition) is 4. The number of fused-ring (bicyclic) bond motifs is 1. The van der Waals surface area contributed by atoms with Gasteiger partial charge in [0, 0.05) is 18.8 Å². The fraction of sp³-hybridized carbons (Fsp3) is 0.500. The summed E-state index contributed by atoms with van der Waals surface area (Å²) in [5.74, 6) is 0.860. The van der Waals surface area contributed by atoms with Crippen LogP contribution >= 0.6 is 0 Å². The number of rotatable bonds is 2. The minimum atomic E-state index is 0.143. The quantitative estimate of drug-likeness (QED) is 0.737. The molecular formula is C12H19N3O. The van der Waals surface area contributed by atoms with E-state index in [1.165, 1.54) is 0 Å². The van der Waals surface area contributed by atoms with Crippen molar-refractivity contribution in [3.05, 3.63) is 18.2 Å². The molecule has 4 N–H and O–H groups in total. The van der Waals surface area contributed by atoms with Gasteiger partial charge >= 0.3 is 0 Å². The lowest BCUT2D eigenvalue weighted by atomic mass is 10.0. The molecule has 1 heterocycles. The van der Waals surface area contributed by atoms with Gasteiger partial charge in [0.25, 0.3) is 0 Å². The Morgan fingerprint density at radius 2 is 2.19 bits per heavy atom. The lowest BCUT2D eigenvalue weighted by Crippen LogP contribution is -2.46. The Morgan fingerprint density at radius 3 is 2.88 bits per heavy atom. The zero-order valence-corrected chi connectivity index (χ0v) is 9.81. The first-order valence-electron chi connectivity index (χ1n) is 5.62. The van der Waals surface area contributed by atoms with Gasteiger partial charge in [0.1, 0.15) is 11.9 Å². The molecule has 0 saturated carbocycles. The van der Waals surface area contributed by atoms with Crippen LogP contribution in [0.5, 0.6) is 5.75 Å². The molecule has 16 heavy (non-hydrogen) atoms. The van der Waals surface area contributed by atoms with Crippen molar-refractivity contribution in [3.63, 3.8) is 0 Å². The second kappa shape index (κ2) is 4.22. The highest BCUT2D eigenvalue weighted by Crippen LogP contribution is 2.37. The molecule has 0 aromatic heterocycles. The summed E-state index contributed by atoms with van der Waals surface area (Å²) in [7, 11) is 2.08. The maximum absolute atomic E-state index is 5.93. The second-order valence-electron chi connectivity index (χ2n) is 4.31. The Hall–Kier alpha value is -1.42. The molecule has 0 saturated heterocycles. The minimum absolute atomic E-state index is 0.143. The molecule has 4 nitrogen and oxygen atoms in total. The number of nitrogens with two attached hydrogens (primary N) is 2. The zero-order chi connectivity index (χ0) is 11.7. The highest BCUT2D eigenvalue weighted by molar-refractivity contribution is 5.65. The van der Waals surface area contributed by atoms with Crippen LogP contribution in [0.15, 0.2) is 18.2 Å². The summed E-state index contributed by atoms with van der Waals surface area (Å²) in [6, 6.07) is 6.11. The van der Waals surface area contributed by atoms with Crippen LogP contribution in [0.3, 0.4) is 0 Å². The van der Waals surface area contributed by atoms with E-state index in [9.17, 15) is 0 Å². The van der Waals surface area contributed by atoms with Gasteiger partial charge in [-0.1, -0.05) is 0 Å². The Labute approximate surface area is 96.2 Å². The van der Waals surface area contributed by atoms with Crippen molar-refractivity contribution in [2.45, 2.75) is 25.5 Å². The molecule has 0 amide bonds. The fourth-order valence-electron chi connectivity index (χ4n) is 2.11.